The van der Waals surface area contributed by atoms with Crippen LogP contribution < -0.4 is 5.32 Å². The maximum atomic E-state index is 13.0. The summed E-state index contributed by atoms with van der Waals surface area (Å²) in [7, 11) is -0.953. The number of rotatable bonds is 7. The number of carbonyl (C=O) groups excluding carboxylic acids is 1. The molecule has 1 N–H and O–H groups in total. The van der Waals surface area contributed by atoms with Crippen LogP contribution in [-0.2, 0) is 21.0 Å². The number of likely N-dealkylation sites (N-methyl/N-ethyl adjacent to an activating group) is 1. The van der Waals surface area contributed by atoms with Crippen molar-refractivity contribution in [1.82, 2.24) is 14.5 Å². The predicted molar refractivity (Wildman–Crippen MR) is 108 cm³/mol. The Labute approximate surface area is 176 Å². The summed E-state index contributed by atoms with van der Waals surface area (Å²) in [5.74, 6) is 0.348. The Morgan fingerprint density at radius 2 is 1.87 bits per heavy atom. The van der Waals surface area contributed by atoms with Crippen LogP contribution in [0.4, 0.5) is 13.2 Å². The van der Waals surface area contributed by atoms with Gasteiger partial charge in [0.15, 0.2) is 0 Å². The van der Waals surface area contributed by atoms with E-state index < -0.39 is 21.8 Å². The van der Waals surface area contributed by atoms with Gasteiger partial charge in [0.05, 0.1) is 16.5 Å². The molecule has 0 bridgehead atoms. The smallest absolute Gasteiger partial charge is 0.341 e. The van der Waals surface area contributed by atoms with Gasteiger partial charge in [-0.25, -0.2) is 8.42 Å². The molecule has 170 valence electrons. The highest BCUT2D eigenvalue weighted by atomic mass is 32.2. The summed E-state index contributed by atoms with van der Waals surface area (Å²) in [6.07, 6.45) is -3.05. The zero-order valence-corrected chi connectivity index (χ0v) is 18.6. The lowest BCUT2D eigenvalue weighted by molar-refractivity contribution is -0.137. The molecule has 1 amide bonds. The Balaban J connectivity index is 2.07. The third kappa shape index (κ3) is 5.73. The van der Waals surface area contributed by atoms with E-state index in [1.54, 1.807) is 11.9 Å². The van der Waals surface area contributed by atoms with Crippen molar-refractivity contribution in [3.63, 3.8) is 0 Å². The second-order valence-electron chi connectivity index (χ2n) is 8.07. The maximum Gasteiger partial charge on any atom is 0.416 e. The molecule has 1 aliphatic rings. The van der Waals surface area contributed by atoms with Crippen LogP contribution in [0, 0.1) is 5.92 Å². The quantitative estimate of drug-likeness (QED) is 0.695. The van der Waals surface area contributed by atoms with Crippen molar-refractivity contribution in [2.24, 2.45) is 5.92 Å². The molecule has 1 aromatic carbocycles. The van der Waals surface area contributed by atoms with E-state index in [2.05, 4.69) is 5.32 Å². The van der Waals surface area contributed by atoms with E-state index in [1.165, 1.54) is 13.1 Å². The minimum absolute atomic E-state index is 0.00645. The fourth-order valence-electron chi connectivity index (χ4n) is 3.68. The van der Waals surface area contributed by atoms with E-state index in [4.69, 9.17) is 0 Å². The van der Waals surface area contributed by atoms with Crippen LogP contribution in [0.2, 0.25) is 0 Å². The Bertz CT molecular complexity index is 835. The van der Waals surface area contributed by atoms with Gasteiger partial charge >= 0.3 is 6.18 Å². The van der Waals surface area contributed by atoms with E-state index >= 15 is 0 Å². The summed E-state index contributed by atoms with van der Waals surface area (Å²) in [5, 5.41) is 3.04. The number of amides is 1. The SMILES string of the molecule is CN[C@@H](CC(C)C)C(=O)N1CCC(N(C)S(=O)(=O)c2cccc(C(F)(F)F)c2)CC1. The molecule has 1 fully saturated rings. The maximum absolute atomic E-state index is 13.0. The van der Waals surface area contributed by atoms with Gasteiger partial charge in [-0.3, -0.25) is 4.79 Å². The number of sulfonamides is 1. The molecule has 1 aliphatic heterocycles. The molecule has 1 aromatic rings. The van der Waals surface area contributed by atoms with Crippen molar-refractivity contribution in [2.45, 2.75) is 56.3 Å². The first-order valence-electron chi connectivity index (χ1n) is 9.99. The molecule has 30 heavy (non-hydrogen) atoms. The van der Waals surface area contributed by atoms with Gasteiger partial charge in [-0.15, -0.1) is 0 Å². The van der Waals surface area contributed by atoms with Gasteiger partial charge in [-0.2, -0.15) is 17.5 Å². The van der Waals surface area contributed by atoms with Crippen LogP contribution in [0.15, 0.2) is 29.2 Å². The number of nitrogens with one attached hydrogen (secondary N) is 1. The molecule has 0 aromatic heterocycles. The predicted octanol–water partition coefficient (Wildman–Crippen LogP) is 2.95. The Hall–Kier alpha value is -1.65. The van der Waals surface area contributed by atoms with Gasteiger partial charge in [0.1, 0.15) is 0 Å². The second kappa shape index (κ2) is 9.65. The topological polar surface area (TPSA) is 69.7 Å². The summed E-state index contributed by atoms with van der Waals surface area (Å²) >= 11 is 0. The fraction of sp³-hybridized carbons (Fsp3) is 0.650. The first-order valence-corrected chi connectivity index (χ1v) is 11.4. The van der Waals surface area contributed by atoms with Crippen LogP contribution in [0.3, 0.4) is 0 Å². The van der Waals surface area contributed by atoms with Crippen LogP contribution in [-0.4, -0.2) is 62.8 Å². The Kier molecular flexibility index (Phi) is 7.92. The molecule has 1 saturated heterocycles. The molecule has 6 nitrogen and oxygen atoms in total. The number of hydrogen-bond acceptors (Lipinski definition) is 4. The molecule has 1 heterocycles. The first kappa shape index (κ1) is 24.6. The molecular weight excluding hydrogens is 419 g/mol. The van der Waals surface area contributed by atoms with Crippen LogP contribution in [0.25, 0.3) is 0 Å². The number of likely N-dealkylation sites (tertiary alicyclic amines) is 1. The molecule has 0 saturated carbocycles. The van der Waals surface area contributed by atoms with E-state index in [-0.39, 0.29) is 22.9 Å². The molecule has 0 spiro atoms. The van der Waals surface area contributed by atoms with E-state index in [0.717, 1.165) is 16.4 Å². The monoisotopic (exact) mass is 449 g/mol. The van der Waals surface area contributed by atoms with E-state index in [1.807, 2.05) is 13.8 Å². The van der Waals surface area contributed by atoms with Gasteiger partial charge in [-0.1, -0.05) is 19.9 Å². The average molecular weight is 450 g/mol. The number of carbonyl (C=O) groups is 1. The lowest BCUT2D eigenvalue weighted by Crippen LogP contribution is -2.52. The first-order chi connectivity index (χ1) is 13.9. The number of hydrogen-bond donors (Lipinski definition) is 1. The summed E-state index contributed by atoms with van der Waals surface area (Å²) in [4.78, 5) is 14.1. The van der Waals surface area contributed by atoms with Gasteiger partial charge < -0.3 is 10.2 Å². The van der Waals surface area contributed by atoms with Gasteiger partial charge in [0.2, 0.25) is 15.9 Å². The van der Waals surface area contributed by atoms with Crippen LogP contribution in [0.5, 0.6) is 0 Å². The summed E-state index contributed by atoms with van der Waals surface area (Å²) < 4.78 is 65.7. The molecule has 0 aliphatic carbocycles. The normalized spacial score (nSPS) is 17.6. The highest BCUT2D eigenvalue weighted by Crippen LogP contribution is 2.32. The largest absolute Gasteiger partial charge is 0.416 e. The lowest BCUT2D eigenvalue weighted by Gasteiger charge is -2.37. The van der Waals surface area contributed by atoms with Gasteiger partial charge in [0, 0.05) is 26.2 Å². The highest BCUT2D eigenvalue weighted by Gasteiger charge is 2.36. The average Bonchev–Trinajstić information content (AvgIpc) is 2.70. The summed E-state index contributed by atoms with van der Waals surface area (Å²) in [6.45, 7) is 4.89. The Morgan fingerprint density at radius 1 is 1.27 bits per heavy atom. The Morgan fingerprint density at radius 3 is 2.37 bits per heavy atom. The van der Waals surface area contributed by atoms with E-state index in [9.17, 15) is 26.4 Å². The molecule has 1 atom stereocenters. The number of piperidine rings is 1. The third-order valence-electron chi connectivity index (χ3n) is 5.48. The van der Waals surface area contributed by atoms with Crippen molar-refractivity contribution in [1.29, 1.82) is 0 Å². The van der Waals surface area contributed by atoms with E-state index in [0.29, 0.717) is 44.3 Å². The lowest BCUT2D eigenvalue weighted by atomic mass is 10.00. The third-order valence-corrected chi connectivity index (χ3v) is 7.39. The minimum Gasteiger partial charge on any atom is -0.341 e. The van der Waals surface area contributed by atoms with Crippen LogP contribution in [0.1, 0.15) is 38.7 Å². The summed E-state index contributed by atoms with van der Waals surface area (Å²) in [6, 6.07) is 3.10. The van der Waals surface area contributed by atoms with Crippen molar-refractivity contribution < 1.29 is 26.4 Å². The van der Waals surface area contributed by atoms with Gasteiger partial charge in [-0.05, 0) is 50.4 Å². The van der Waals surface area contributed by atoms with Crippen molar-refractivity contribution >= 4 is 15.9 Å². The zero-order chi connectivity index (χ0) is 22.7. The molecule has 2 rings (SSSR count). The van der Waals surface area contributed by atoms with Gasteiger partial charge in [0.25, 0.3) is 0 Å². The number of alkyl halides is 3. The minimum atomic E-state index is -4.62. The standard InChI is InChI=1S/C20H30F3N3O3S/c1-14(2)12-18(24-3)19(27)26-10-8-16(9-11-26)25(4)30(28,29)17-7-5-6-15(13-17)20(21,22)23/h5-7,13-14,16,18,24H,8-12H2,1-4H3/t18-/m0/s1. The van der Waals surface area contributed by atoms with Crippen molar-refractivity contribution in [3.8, 4) is 0 Å². The zero-order valence-electron chi connectivity index (χ0n) is 17.7. The molecule has 0 unspecified atom stereocenters. The van der Waals surface area contributed by atoms with Crippen molar-refractivity contribution in [2.75, 3.05) is 27.2 Å². The molecule has 10 heteroatoms. The van der Waals surface area contributed by atoms with Crippen molar-refractivity contribution in [3.05, 3.63) is 29.8 Å². The molecule has 0 radical (unpaired) electrons. The fourth-order valence-corrected chi connectivity index (χ4v) is 5.14. The number of benzene rings is 1. The van der Waals surface area contributed by atoms with Crippen LogP contribution >= 0.6 is 0 Å². The summed E-state index contributed by atoms with van der Waals surface area (Å²) in [5.41, 5.74) is -0.999. The number of halogens is 3. The molecular formula is C20H30F3N3O3S. The second-order valence-corrected chi connectivity index (χ2v) is 10.1. The highest BCUT2D eigenvalue weighted by molar-refractivity contribution is 7.89. The number of nitrogens with zero attached hydrogens (tertiary/aromatic N) is 2.